The van der Waals surface area contributed by atoms with Gasteiger partial charge in [-0.05, 0) is 61.6 Å². The van der Waals surface area contributed by atoms with Gasteiger partial charge < -0.3 is 11.1 Å². The Morgan fingerprint density at radius 3 is 2.53 bits per heavy atom. The molecule has 1 heterocycles. The van der Waals surface area contributed by atoms with Gasteiger partial charge in [0.1, 0.15) is 0 Å². The van der Waals surface area contributed by atoms with Crippen LogP contribution in [0.5, 0.6) is 0 Å². The lowest BCUT2D eigenvalue weighted by atomic mass is 9.78. The van der Waals surface area contributed by atoms with E-state index in [0.29, 0.717) is 39.1 Å². The summed E-state index contributed by atoms with van der Waals surface area (Å²) < 4.78 is 1.83. The fraction of sp³-hybridized carbons (Fsp3) is 0.385. The topological polar surface area (TPSA) is 107 Å². The summed E-state index contributed by atoms with van der Waals surface area (Å²) in [7, 11) is 0. The molecule has 1 saturated carbocycles. The highest BCUT2D eigenvalue weighted by atomic mass is 32.2. The highest BCUT2D eigenvalue weighted by molar-refractivity contribution is 8.00. The summed E-state index contributed by atoms with van der Waals surface area (Å²) in [4.78, 5) is 42.6. The molecule has 1 aliphatic carbocycles. The predicted molar refractivity (Wildman–Crippen MR) is 136 cm³/mol. The second kappa shape index (κ2) is 10.0. The standard InChI is InChI=1S/C26H30N4O3S/c1-15-7-6-10-22(16(15)2)30-25(33)20-8-4-5-9-21(20)29-26(30)34-17(3)24(32)28-19-13-11-18(12-14-19)23(27)31/h4-5,8-9,11-17,22H,6-7,10H2,1-3H3,(H2,27,31)(H,28,32). The van der Waals surface area contributed by atoms with E-state index < -0.39 is 11.2 Å². The first-order valence-corrected chi connectivity index (χ1v) is 12.5. The van der Waals surface area contributed by atoms with Gasteiger partial charge in [0, 0.05) is 17.3 Å². The van der Waals surface area contributed by atoms with Gasteiger partial charge in [-0.15, -0.1) is 0 Å². The van der Waals surface area contributed by atoms with Crippen molar-refractivity contribution in [2.75, 3.05) is 5.32 Å². The van der Waals surface area contributed by atoms with Gasteiger partial charge >= 0.3 is 0 Å². The number of amides is 2. The second-order valence-corrected chi connectivity index (χ2v) is 10.4. The molecule has 4 rings (SSSR count). The number of anilines is 1. The Bertz CT molecular complexity index is 1270. The number of nitrogens with zero attached hydrogens (tertiary/aromatic N) is 2. The van der Waals surface area contributed by atoms with E-state index in [0.717, 1.165) is 19.3 Å². The fourth-order valence-electron chi connectivity index (χ4n) is 4.59. The average molecular weight is 479 g/mol. The van der Waals surface area contributed by atoms with E-state index in [2.05, 4.69) is 19.2 Å². The number of thioether (sulfide) groups is 1. The van der Waals surface area contributed by atoms with Crippen LogP contribution in [0.3, 0.4) is 0 Å². The first-order chi connectivity index (χ1) is 16.3. The van der Waals surface area contributed by atoms with Crippen molar-refractivity contribution >= 4 is 40.2 Å². The molecule has 2 aromatic carbocycles. The lowest BCUT2D eigenvalue weighted by Gasteiger charge is -2.36. The second-order valence-electron chi connectivity index (χ2n) is 9.11. The van der Waals surface area contributed by atoms with E-state index >= 15 is 0 Å². The van der Waals surface area contributed by atoms with Crippen molar-refractivity contribution in [2.45, 2.75) is 56.5 Å². The Morgan fingerprint density at radius 1 is 1.12 bits per heavy atom. The summed E-state index contributed by atoms with van der Waals surface area (Å²) in [6.45, 7) is 6.25. The maximum Gasteiger partial charge on any atom is 0.262 e. The summed E-state index contributed by atoms with van der Waals surface area (Å²) >= 11 is 1.30. The maximum atomic E-state index is 13.6. The van der Waals surface area contributed by atoms with Gasteiger partial charge in [0.05, 0.1) is 16.2 Å². The summed E-state index contributed by atoms with van der Waals surface area (Å²) in [5.74, 6) is 0.116. The SMILES string of the molecule is CC(Sc1nc2ccccc2c(=O)n1C1CCCC(C)C1C)C(=O)Nc1ccc(C(N)=O)cc1. The molecule has 1 aliphatic rings. The van der Waals surface area contributed by atoms with Gasteiger partial charge in [-0.2, -0.15) is 0 Å². The smallest absolute Gasteiger partial charge is 0.262 e. The molecule has 3 N–H and O–H groups in total. The Balaban J connectivity index is 1.64. The molecular weight excluding hydrogens is 448 g/mol. The minimum atomic E-state index is -0.520. The number of rotatable bonds is 6. The van der Waals surface area contributed by atoms with E-state index in [4.69, 9.17) is 10.7 Å². The van der Waals surface area contributed by atoms with Gasteiger partial charge in [0.15, 0.2) is 5.16 Å². The number of primary amides is 1. The number of nitrogens with one attached hydrogen (secondary N) is 1. The molecule has 0 spiro atoms. The molecule has 0 radical (unpaired) electrons. The molecule has 4 unspecified atom stereocenters. The zero-order chi connectivity index (χ0) is 24.4. The van der Waals surface area contributed by atoms with E-state index in [-0.39, 0.29) is 17.5 Å². The number of aromatic nitrogens is 2. The first-order valence-electron chi connectivity index (χ1n) is 11.6. The number of carbonyl (C=O) groups excluding carboxylic acids is 2. The van der Waals surface area contributed by atoms with Crippen LogP contribution in [0.15, 0.2) is 58.5 Å². The van der Waals surface area contributed by atoms with Gasteiger partial charge in [0.2, 0.25) is 11.8 Å². The Morgan fingerprint density at radius 2 is 1.82 bits per heavy atom. The van der Waals surface area contributed by atoms with Crippen molar-refractivity contribution in [3.05, 3.63) is 64.4 Å². The quantitative estimate of drug-likeness (QED) is 0.397. The van der Waals surface area contributed by atoms with Crippen molar-refractivity contribution in [1.29, 1.82) is 0 Å². The molecule has 0 bridgehead atoms. The monoisotopic (exact) mass is 478 g/mol. The number of fused-ring (bicyclic) bond motifs is 1. The third-order valence-electron chi connectivity index (χ3n) is 6.86. The first kappa shape index (κ1) is 24.0. The van der Waals surface area contributed by atoms with Crippen molar-refractivity contribution < 1.29 is 9.59 Å². The zero-order valence-corrected chi connectivity index (χ0v) is 20.5. The molecule has 8 heteroatoms. The summed E-state index contributed by atoms with van der Waals surface area (Å²) in [6.07, 6.45) is 3.14. The molecule has 4 atom stereocenters. The molecular formula is C26H30N4O3S. The Labute approximate surface area is 203 Å². The van der Waals surface area contributed by atoms with Crippen LogP contribution < -0.4 is 16.6 Å². The number of para-hydroxylation sites is 1. The molecule has 7 nitrogen and oxygen atoms in total. The predicted octanol–water partition coefficient (Wildman–Crippen LogP) is 4.61. The Hall–Kier alpha value is -3.13. The van der Waals surface area contributed by atoms with Crippen molar-refractivity contribution in [1.82, 2.24) is 9.55 Å². The zero-order valence-electron chi connectivity index (χ0n) is 19.7. The fourth-order valence-corrected chi connectivity index (χ4v) is 5.56. The third kappa shape index (κ3) is 4.87. The maximum absolute atomic E-state index is 13.6. The van der Waals surface area contributed by atoms with Crippen molar-refractivity contribution in [2.24, 2.45) is 17.6 Å². The van der Waals surface area contributed by atoms with Crippen LogP contribution >= 0.6 is 11.8 Å². The van der Waals surface area contributed by atoms with E-state index in [1.54, 1.807) is 31.2 Å². The van der Waals surface area contributed by atoms with Crippen LogP contribution in [-0.4, -0.2) is 26.6 Å². The molecule has 34 heavy (non-hydrogen) atoms. The lowest BCUT2D eigenvalue weighted by Crippen LogP contribution is -2.36. The van der Waals surface area contributed by atoms with Crippen LogP contribution in [0.25, 0.3) is 10.9 Å². The van der Waals surface area contributed by atoms with Crippen LogP contribution in [0.2, 0.25) is 0 Å². The van der Waals surface area contributed by atoms with Crippen molar-refractivity contribution in [3.8, 4) is 0 Å². The van der Waals surface area contributed by atoms with Gasteiger partial charge in [-0.1, -0.05) is 50.6 Å². The highest BCUT2D eigenvalue weighted by Gasteiger charge is 2.32. The lowest BCUT2D eigenvalue weighted by molar-refractivity contribution is -0.115. The molecule has 2 amide bonds. The van der Waals surface area contributed by atoms with Gasteiger partial charge in [-0.25, -0.2) is 4.98 Å². The molecule has 0 saturated heterocycles. The number of hydrogen-bond donors (Lipinski definition) is 2. The van der Waals surface area contributed by atoms with Crippen LogP contribution in [0.4, 0.5) is 5.69 Å². The molecule has 1 aromatic heterocycles. The largest absolute Gasteiger partial charge is 0.366 e. The molecule has 3 aromatic rings. The summed E-state index contributed by atoms with van der Waals surface area (Å²) in [5.41, 5.74) is 6.82. The third-order valence-corrected chi connectivity index (χ3v) is 7.93. The minimum Gasteiger partial charge on any atom is -0.366 e. The molecule has 178 valence electrons. The average Bonchev–Trinajstić information content (AvgIpc) is 2.82. The number of benzene rings is 2. The van der Waals surface area contributed by atoms with E-state index in [9.17, 15) is 14.4 Å². The van der Waals surface area contributed by atoms with Gasteiger partial charge in [0.25, 0.3) is 5.56 Å². The molecule has 1 fully saturated rings. The van der Waals surface area contributed by atoms with Crippen LogP contribution in [0, 0.1) is 11.8 Å². The number of hydrogen-bond acceptors (Lipinski definition) is 5. The number of carbonyl (C=O) groups is 2. The summed E-state index contributed by atoms with van der Waals surface area (Å²) in [5, 5.41) is 3.55. The molecule has 0 aliphatic heterocycles. The normalized spacial score (nSPS) is 21.2. The summed E-state index contributed by atoms with van der Waals surface area (Å²) in [6, 6.07) is 13.9. The van der Waals surface area contributed by atoms with E-state index in [1.165, 1.54) is 11.8 Å². The van der Waals surface area contributed by atoms with Gasteiger partial charge in [-0.3, -0.25) is 19.0 Å². The van der Waals surface area contributed by atoms with E-state index in [1.807, 2.05) is 28.8 Å². The minimum absolute atomic E-state index is 0.0475. The number of nitrogens with two attached hydrogens (primary N) is 1. The highest BCUT2D eigenvalue weighted by Crippen LogP contribution is 2.39. The Kier molecular flexibility index (Phi) is 7.07. The van der Waals surface area contributed by atoms with Crippen molar-refractivity contribution in [3.63, 3.8) is 0 Å². The van der Waals surface area contributed by atoms with Crippen LogP contribution in [-0.2, 0) is 4.79 Å². The van der Waals surface area contributed by atoms with Crippen LogP contribution in [0.1, 0.15) is 56.4 Å².